The van der Waals surface area contributed by atoms with Crippen molar-refractivity contribution in [3.05, 3.63) is 0 Å². The molecule has 1 nitrogen and oxygen atoms in total. The second kappa shape index (κ2) is 6.91. The molecule has 2 aliphatic rings. The van der Waals surface area contributed by atoms with Crippen molar-refractivity contribution in [3.8, 4) is 0 Å². The first-order valence-corrected chi connectivity index (χ1v) is 9.05. The van der Waals surface area contributed by atoms with Gasteiger partial charge in [0, 0.05) is 17.3 Å². The quantitative estimate of drug-likeness (QED) is 0.803. The maximum Gasteiger partial charge on any atom is 0.393 e. The van der Waals surface area contributed by atoms with E-state index in [9.17, 15) is 13.2 Å². The van der Waals surface area contributed by atoms with E-state index in [1.54, 1.807) is 0 Å². The van der Waals surface area contributed by atoms with Gasteiger partial charge in [-0.2, -0.15) is 24.9 Å². The van der Waals surface area contributed by atoms with Crippen molar-refractivity contribution in [2.24, 2.45) is 5.92 Å². The summed E-state index contributed by atoms with van der Waals surface area (Å²) in [5.41, 5.74) is 0. The molecule has 0 aliphatic heterocycles. The Labute approximate surface area is 124 Å². The van der Waals surface area contributed by atoms with Crippen LogP contribution in [-0.2, 0) is 0 Å². The van der Waals surface area contributed by atoms with Crippen LogP contribution in [-0.4, -0.2) is 29.8 Å². The first-order valence-electron chi connectivity index (χ1n) is 7.82. The molecule has 0 aromatic carbocycles. The van der Waals surface area contributed by atoms with Crippen LogP contribution in [0.2, 0.25) is 0 Å². The van der Waals surface area contributed by atoms with Crippen molar-refractivity contribution in [1.82, 2.24) is 5.32 Å². The summed E-state index contributed by atoms with van der Waals surface area (Å²) in [7, 11) is 0. The van der Waals surface area contributed by atoms with Crippen LogP contribution in [0.3, 0.4) is 0 Å². The maximum atomic E-state index is 13.1. The second-order valence-corrected chi connectivity index (χ2v) is 7.64. The molecule has 0 heterocycles. The Morgan fingerprint density at radius 3 is 2.30 bits per heavy atom. The molecule has 0 amide bonds. The number of thioether (sulfide) groups is 1. The predicted molar refractivity (Wildman–Crippen MR) is 79.1 cm³/mol. The van der Waals surface area contributed by atoms with Crippen molar-refractivity contribution in [2.45, 2.75) is 74.8 Å². The van der Waals surface area contributed by atoms with Gasteiger partial charge in [-0.25, -0.2) is 0 Å². The van der Waals surface area contributed by atoms with Gasteiger partial charge in [-0.15, -0.1) is 0 Å². The summed E-state index contributed by atoms with van der Waals surface area (Å²) in [6, 6.07) is -0.366. The van der Waals surface area contributed by atoms with Crippen LogP contribution in [0.4, 0.5) is 13.2 Å². The Morgan fingerprint density at radius 2 is 1.70 bits per heavy atom. The third-order valence-corrected chi connectivity index (χ3v) is 6.49. The lowest BCUT2D eigenvalue weighted by Crippen LogP contribution is -2.50. The Hall–Kier alpha value is 0.100. The number of hydrogen-bond acceptors (Lipinski definition) is 2. The standard InChI is InChI=1S/C15H26F3NS/c1-20-14(9-5-2-6-10-14)11-19-13-8-4-3-7-12(13)15(16,17)18/h12-13,19H,2-11H2,1H3. The van der Waals surface area contributed by atoms with Crippen molar-refractivity contribution < 1.29 is 13.2 Å². The summed E-state index contributed by atoms with van der Waals surface area (Å²) >= 11 is 1.85. The van der Waals surface area contributed by atoms with Crippen LogP contribution in [0.5, 0.6) is 0 Å². The molecule has 0 bridgehead atoms. The van der Waals surface area contributed by atoms with E-state index >= 15 is 0 Å². The Morgan fingerprint density at radius 1 is 1.05 bits per heavy atom. The highest BCUT2D eigenvalue weighted by molar-refractivity contribution is 8.00. The largest absolute Gasteiger partial charge is 0.393 e. The topological polar surface area (TPSA) is 12.0 Å². The van der Waals surface area contributed by atoms with Gasteiger partial charge in [0.15, 0.2) is 0 Å². The normalized spacial score (nSPS) is 31.2. The number of halogens is 3. The zero-order valence-corrected chi connectivity index (χ0v) is 13.1. The fraction of sp³-hybridized carbons (Fsp3) is 1.00. The average molecular weight is 309 g/mol. The maximum absolute atomic E-state index is 13.1. The number of alkyl halides is 3. The van der Waals surface area contributed by atoms with Gasteiger partial charge in [-0.3, -0.25) is 0 Å². The molecule has 118 valence electrons. The van der Waals surface area contributed by atoms with E-state index in [0.717, 1.165) is 32.2 Å². The number of rotatable bonds is 4. The molecule has 2 atom stereocenters. The molecule has 2 unspecified atom stereocenters. The average Bonchev–Trinajstić information content (AvgIpc) is 2.45. The van der Waals surface area contributed by atoms with E-state index in [2.05, 4.69) is 11.6 Å². The van der Waals surface area contributed by atoms with Crippen LogP contribution >= 0.6 is 11.8 Å². The van der Waals surface area contributed by atoms with E-state index in [1.165, 1.54) is 19.3 Å². The highest BCUT2D eigenvalue weighted by Crippen LogP contribution is 2.40. The van der Waals surface area contributed by atoms with Crippen molar-refractivity contribution in [2.75, 3.05) is 12.8 Å². The SMILES string of the molecule is CSC1(CNC2CCCCC2C(F)(F)F)CCCCC1. The van der Waals surface area contributed by atoms with Gasteiger partial charge in [0.2, 0.25) is 0 Å². The summed E-state index contributed by atoms with van der Waals surface area (Å²) in [4.78, 5) is 0. The first kappa shape index (κ1) is 16.5. The Bertz CT molecular complexity index is 300. The predicted octanol–water partition coefficient (Wildman–Crippen LogP) is 4.76. The van der Waals surface area contributed by atoms with Crippen LogP contribution in [0.1, 0.15) is 57.8 Å². The molecule has 0 aromatic rings. The zero-order chi connectivity index (χ0) is 14.6. The molecule has 2 saturated carbocycles. The lowest BCUT2D eigenvalue weighted by atomic mass is 9.82. The van der Waals surface area contributed by atoms with Crippen LogP contribution in [0.25, 0.3) is 0 Å². The zero-order valence-electron chi connectivity index (χ0n) is 12.3. The minimum Gasteiger partial charge on any atom is -0.312 e. The number of nitrogens with one attached hydrogen (secondary N) is 1. The molecular weight excluding hydrogens is 283 g/mol. The second-order valence-electron chi connectivity index (χ2n) is 6.37. The van der Waals surface area contributed by atoms with E-state index in [4.69, 9.17) is 0 Å². The monoisotopic (exact) mass is 309 g/mol. The molecule has 0 radical (unpaired) electrons. The first-order chi connectivity index (χ1) is 9.47. The smallest absolute Gasteiger partial charge is 0.312 e. The van der Waals surface area contributed by atoms with E-state index < -0.39 is 12.1 Å². The van der Waals surface area contributed by atoms with Gasteiger partial charge < -0.3 is 5.32 Å². The molecule has 2 aliphatic carbocycles. The third kappa shape index (κ3) is 4.06. The van der Waals surface area contributed by atoms with E-state index in [0.29, 0.717) is 12.8 Å². The molecule has 5 heteroatoms. The molecule has 2 fully saturated rings. The highest BCUT2D eigenvalue weighted by Gasteiger charge is 2.46. The fourth-order valence-corrected chi connectivity index (χ4v) is 4.66. The Balaban J connectivity index is 1.93. The summed E-state index contributed by atoms with van der Waals surface area (Å²) in [6.45, 7) is 0.741. The molecule has 0 saturated heterocycles. The fourth-order valence-electron chi connectivity index (χ4n) is 3.73. The van der Waals surface area contributed by atoms with Gasteiger partial charge in [0.05, 0.1) is 5.92 Å². The molecule has 0 spiro atoms. The van der Waals surface area contributed by atoms with Gasteiger partial charge in [-0.1, -0.05) is 32.1 Å². The lowest BCUT2D eigenvalue weighted by molar-refractivity contribution is -0.189. The van der Waals surface area contributed by atoms with E-state index in [1.807, 2.05) is 11.8 Å². The van der Waals surface area contributed by atoms with Crippen LogP contribution in [0.15, 0.2) is 0 Å². The number of hydrogen-bond donors (Lipinski definition) is 1. The summed E-state index contributed by atoms with van der Waals surface area (Å²) in [5.74, 6) is -1.14. The molecule has 1 N–H and O–H groups in total. The highest BCUT2D eigenvalue weighted by atomic mass is 32.2. The lowest BCUT2D eigenvalue weighted by Gasteiger charge is -2.40. The van der Waals surface area contributed by atoms with Crippen LogP contribution in [0, 0.1) is 5.92 Å². The van der Waals surface area contributed by atoms with Gasteiger partial charge in [0.25, 0.3) is 0 Å². The minimum atomic E-state index is -4.04. The Kier molecular flexibility index (Phi) is 5.69. The van der Waals surface area contributed by atoms with Crippen molar-refractivity contribution in [3.63, 3.8) is 0 Å². The van der Waals surface area contributed by atoms with Gasteiger partial charge in [-0.05, 0) is 31.9 Å². The van der Waals surface area contributed by atoms with Crippen LogP contribution < -0.4 is 5.32 Å². The summed E-state index contributed by atoms with van der Waals surface area (Å²) < 4.78 is 39.4. The van der Waals surface area contributed by atoms with Crippen molar-refractivity contribution in [1.29, 1.82) is 0 Å². The van der Waals surface area contributed by atoms with E-state index in [-0.39, 0.29) is 10.8 Å². The van der Waals surface area contributed by atoms with Crippen molar-refractivity contribution >= 4 is 11.8 Å². The molecular formula is C15H26F3NS. The van der Waals surface area contributed by atoms with Gasteiger partial charge >= 0.3 is 6.18 Å². The molecule has 0 aromatic heterocycles. The third-order valence-electron chi connectivity index (χ3n) is 5.07. The molecule has 2 rings (SSSR count). The summed E-state index contributed by atoms with van der Waals surface area (Å²) in [6.07, 6.45) is 6.68. The van der Waals surface area contributed by atoms with Gasteiger partial charge in [0.1, 0.15) is 0 Å². The molecule has 20 heavy (non-hydrogen) atoms. The minimum absolute atomic E-state index is 0.172. The summed E-state index contributed by atoms with van der Waals surface area (Å²) in [5, 5.41) is 3.30.